The van der Waals surface area contributed by atoms with E-state index in [0.29, 0.717) is 0 Å². The Bertz CT molecular complexity index is 815. The van der Waals surface area contributed by atoms with E-state index in [2.05, 4.69) is 17.0 Å². The van der Waals surface area contributed by atoms with Crippen LogP contribution >= 0.6 is 0 Å². The summed E-state index contributed by atoms with van der Waals surface area (Å²) < 4.78 is 5.38. The molecule has 23 heavy (non-hydrogen) atoms. The number of carbonyl (C=O) groups excluding carboxylic acids is 1. The van der Waals surface area contributed by atoms with Crippen LogP contribution in [0, 0.1) is 11.3 Å². The van der Waals surface area contributed by atoms with Crippen molar-refractivity contribution in [3.8, 4) is 6.07 Å². The monoisotopic (exact) mass is 307 g/mol. The number of primary amides is 1. The summed E-state index contributed by atoms with van der Waals surface area (Å²) in [6, 6.07) is 13.9. The third-order valence-corrected chi connectivity index (χ3v) is 3.92. The van der Waals surface area contributed by atoms with Crippen LogP contribution in [0.4, 0.5) is 5.69 Å². The minimum Gasteiger partial charge on any atom is -0.378 e. The minimum absolute atomic E-state index is 0.0470. The van der Waals surface area contributed by atoms with Gasteiger partial charge in [-0.05, 0) is 40.6 Å². The summed E-state index contributed by atoms with van der Waals surface area (Å²) in [6.45, 7) is 3.31. The highest BCUT2D eigenvalue weighted by Gasteiger charge is 2.11. The molecule has 1 aliphatic heterocycles. The molecule has 0 aromatic heterocycles. The molecule has 0 bridgehead atoms. The van der Waals surface area contributed by atoms with Crippen LogP contribution in [-0.4, -0.2) is 32.2 Å². The van der Waals surface area contributed by atoms with Crippen molar-refractivity contribution in [1.29, 1.82) is 5.26 Å². The molecule has 1 fully saturated rings. The van der Waals surface area contributed by atoms with Gasteiger partial charge in [-0.3, -0.25) is 4.79 Å². The maximum absolute atomic E-state index is 11.1. The van der Waals surface area contributed by atoms with E-state index in [0.717, 1.165) is 42.6 Å². The number of hydrogen-bond donors (Lipinski definition) is 1. The van der Waals surface area contributed by atoms with Crippen molar-refractivity contribution in [1.82, 2.24) is 0 Å². The van der Waals surface area contributed by atoms with Crippen LogP contribution in [0.25, 0.3) is 16.8 Å². The molecular formula is C18H17N3O2. The molecule has 0 unspecified atom stereocenters. The quantitative estimate of drug-likeness (QED) is 0.695. The molecule has 0 aliphatic carbocycles. The van der Waals surface area contributed by atoms with Crippen LogP contribution in [0.2, 0.25) is 0 Å². The molecular weight excluding hydrogens is 290 g/mol. The molecule has 1 heterocycles. The van der Waals surface area contributed by atoms with E-state index >= 15 is 0 Å². The molecule has 5 nitrogen and oxygen atoms in total. The topological polar surface area (TPSA) is 79.3 Å². The molecule has 2 aromatic rings. The van der Waals surface area contributed by atoms with Gasteiger partial charge in [0.2, 0.25) is 0 Å². The van der Waals surface area contributed by atoms with Crippen LogP contribution in [0.15, 0.2) is 42.0 Å². The SMILES string of the molecule is N#C/C(=C\c1ccc2cc(N3CCOCC3)ccc2c1)C(N)=O. The second-order valence-corrected chi connectivity index (χ2v) is 5.42. The average molecular weight is 307 g/mol. The smallest absolute Gasteiger partial charge is 0.259 e. The van der Waals surface area contributed by atoms with Crippen molar-refractivity contribution in [2.75, 3.05) is 31.2 Å². The summed E-state index contributed by atoms with van der Waals surface area (Å²) in [5, 5.41) is 11.1. The van der Waals surface area contributed by atoms with Gasteiger partial charge in [-0.15, -0.1) is 0 Å². The first-order valence-electron chi connectivity index (χ1n) is 7.45. The molecule has 0 saturated carbocycles. The average Bonchev–Trinajstić information content (AvgIpc) is 2.59. The zero-order valence-electron chi connectivity index (χ0n) is 12.7. The number of amides is 1. The lowest BCUT2D eigenvalue weighted by Gasteiger charge is -2.29. The van der Waals surface area contributed by atoms with Crippen molar-refractivity contribution < 1.29 is 9.53 Å². The van der Waals surface area contributed by atoms with Crippen LogP contribution < -0.4 is 10.6 Å². The summed E-state index contributed by atoms with van der Waals surface area (Å²) in [5.74, 6) is -0.713. The molecule has 2 N–H and O–H groups in total. The zero-order chi connectivity index (χ0) is 16.2. The molecule has 5 heteroatoms. The number of nitrogens with zero attached hydrogens (tertiary/aromatic N) is 2. The lowest BCUT2D eigenvalue weighted by atomic mass is 10.0. The maximum atomic E-state index is 11.1. The van der Waals surface area contributed by atoms with Gasteiger partial charge in [-0.1, -0.05) is 18.2 Å². The number of ether oxygens (including phenoxy) is 1. The summed E-state index contributed by atoms with van der Waals surface area (Å²) in [7, 11) is 0. The number of hydrogen-bond acceptors (Lipinski definition) is 4. The first-order chi connectivity index (χ1) is 11.2. The second-order valence-electron chi connectivity index (χ2n) is 5.42. The van der Waals surface area contributed by atoms with Crippen LogP contribution in [0.3, 0.4) is 0 Å². The maximum Gasteiger partial charge on any atom is 0.259 e. The lowest BCUT2D eigenvalue weighted by Crippen LogP contribution is -2.36. The fraction of sp³-hybridized carbons (Fsp3) is 0.222. The predicted molar refractivity (Wildman–Crippen MR) is 89.8 cm³/mol. The molecule has 0 atom stereocenters. The fourth-order valence-corrected chi connectivity index (χ4v) is 2.68. The van der Waals surface area contributed by atoms with Gasteiger partial charge >= 0.3 is 0 Å². The highest BCUT2D eigenvalue weighted by atomic mass is 16.5. The predicted octanol–water partition coefficient (Wildman–Crippen LogP) is 2.07. The summed E-state index contributed by atoms with van der Waals surface area (Å²) in [4.78, 5) is 13.4. The van der Waals surface area contributed by atoms with Gasteiger partial charge in [0.25, 0.3) is 5.91 Å². The van der Waals surface area contributed by atoms with Gasteiger partial charge in [0.05, 0.1) is 13.2 Å². The Labute approximate surface area is 134 Å². The Morgan fingerprint density at radius 2 is 1.87 bits per heavy atom. The van der Waals surface area contributed by atoms with Crippen molar-refractivity contribution in [2.45, 2.75) is 0 Å². The van der Waals surface area contributed by atoms with Crippen LogP contribution in [-0.2, 0) is 9.53 Å². The fourth-order valence-electron chi connectivity index (χ4n) is 2.68. The highest BCUT2D eigenvalue weighted by Crippen LogP contribution is 2.24. The lowest BCUT2D eigenvalue weighted by molar-refractivity contribution is -0.114. The molecule has 0 spiro atoms. The van der Waals surface area contributed by atoms with E-state index < -0.39 is 5.91 Å². The number of benzene rings is 2. The Morgan fingerprint density at radius 3 is 2.57 bits per heavy atom. The van der Waals surface area contributed by atoms with Crippen molar-refractivity contribution >= 4 is 28.4 Å². The second kappa shape index (κ2) is 6.51. The van der Waals surface area contributed by atoms with Crippen molar-refractivity contribution in [2.24, 2.45) is 5.73 Å². The Hall–Kier alpha value is -2.84. The van der Waals surface area contributed by atoms with Gasteiger partial charge < -0.3 is 15.4 Å². The molecule has 116 valence electrons. The molecule has 0 radical (unpaired) electrons. The van der Waals surface area contributed by atoms with E-state index in [4.69, 9.17) is 15.7 Å². The molecule has 3 rings (SSSR count). The van der Waals surface area contributed by atoms with Gasteiger partial charge in [-0.25, -0.2) is 0 Å². The van der Waals surface area contributed by atoms with Gasteiger partial charge in [-0.2, -0.15) is 5.26 Å². The van der Waals surface area contributed by atoms with E-state index in [1.54, 1.807) is 0 Å². The van der Waals surface area contributed by atoms with Crippen LogP contribution in [0.5, 0.6) is 0 Å². The highest BCUT2D eigenvalue weighted by molar-refractivity contribution is 6.01. The summed E-state index contributed by atoms with van der Waals surface area (Å²) in [5.41, 5.74) is 7.08. The third-order valence-electron chi connectivity index (χ3n) is 3.92. The molecule has 1 saturated heterocycles. The number of carbonyl (C=O) groups is 1. The van der Waals surface area contributed by atoms with E-state index in [1.165, 1.54) is 11.8 Å². The number of anilines is 1. The molecule has 2 aromatic carbocycles. The first-order valence-corrected chi connectivity index (χ1v) is 7.45. The molecule has 1 aliphatic rings. The standard InChI is InChI=1S/C18H17N3O2/c19-12-16(18(20)22)10-13-1-2-15-11-17(4-3-14(15)9-13)21-5-7-23-8-6-21/h1-4,9-11H,5-8H2,(H2,20,22)/b16-10+. The number of nitriles is 1. The number of morpholine rings is 1. The number of fused-ring (bicyclic) bond motifs is 1. The first kappa shape index (κ1) is 15.1. The van der Waals surface area contributed by atoms with E-state index in [-0.39, 0.29) is 5.57 Å². The van der Waals surface area contributed by atoms with Crippen LogP contribution in [0.1, 0.15) is 5.56 Å². The Morgan fingerprint density at radius 1 is 1.17 bits per heavy atom. The van der Waals surface area contributed by atoms with Gasteiger partial charge in [0.1, 0.15) is 11.6 Å². The largest absolute Gasteiger partial charge is 0.378 e. The van der Waals surface area contributed by atoms with Gasteiger partial charge in [0.15, 0.2) is 0 Å². The van der Waals surface area contributed by atoms with E-state index in [1.807, 2.05) is 30.3 Å². The third kappa shape index (κ3) is 3.33. The summed E-state index contributed by atoms with van der Waals surface area (Å²) in [6.07, 6.45) is 1.51. The number of nitrogens with two attached hydrogens (primary N) is 1. The van der Waals surface area contributed by atoms with E-state index in [9.17, 15) is 4.79 Å². The minimum atomic E-state index is -0.713. The summed E-state index contributed by atoms with van der Waals surface area (Å²) >= 11 is 0. The van der Waals surface area contributed by atoms with Crippen molar-refractivity contribution in [3.63, 3.8) is 0 Å². The van der Waals surface area contributed by atoms with Crippen molar-refractivity contribution in [3.05, 3.63) is 47.5 Å². The zero-order valence-corrected chi connectivity index (χ0v) is 12.7. The van der Waals surface area contributed by atoms with Gasteiger partial charge in [0, 0.05) is 18.8 Å². The molecule has 1 amide bonds. The normalized spacial score (nSPS) is 15.4. The Kier molecular flexibility index (Phi) is 4.26. The Balaban J connectivity index is 1.93. The number of rotatable bonds is 3.